The van der Waals surface area contributed by atoms with Crippen molar-refractivity contribution in [2.45, 2.75) is 26.7 Å². The summed E-state index contributed by atoms with van der Waals surface area (Å²) in [5.41, 5.74) is -0.117. The number of Topliss-reactive ketones (excluding diaryl/α,β-unsaturated/α-hetero) is 2. The summed E-state index contributed by atoms with van der Waals surface area (Å²) in [5, 5.41) is 0. The van der Waals surface area contributed by atoms with E-state index in [4.69, 9.17) is 9.59 Å². The number of rotatable bonds is 0. The molecule has 0 heterocycles. The van der Waals surface area contributed by atoms with Gasteiger partial charge in [-0.3, -0.25) is 0 Å². The molecule has 4 nitrogen and oxygen atoms in total. The van der Waals surface area contributed by atoms with Gasteiger partial charge in [-0.05, 0) is 0 Å². The van der Waals surface area contributed by atoms with Gasteiger partial charge in [-0.2, -0.15) is 15.5 Å². The Kier molecular flexibility index (Phi) is 4.94. The van der Waals surface area contributed by atoms with Crippen LogP contribution in [0.4, 0.5) is 0 Å². The Labute approximate surface area is 110 Å². The third-order valence-electron chi connectivity index (χ3n) is 3.15. The second-order valence-corrected chi connectivity index (χ2v) is 4.07. The molecule has 0 aromatic heterocycles. The molecule has 1 unspecified atom stereocenters. The van der Waals surface area contributed by atoms with Crippen molar-refractivity contribution in [3.8, 4) is 0 Å². The van der Waals surface area contributed by atoms with Gasteiger partial charge in [-0.1, -0.05) is 38.0 Å². The third-order valence-corrected chi connectivity index (χ3v) is 3.15. The molecule has 0 spiro atoms. The zero-order chi connectivity index (χ0) is 10.9. The number of hydrogen-bond donors (Lipinski definition) is 0. The molecule has 2 bridgehead atoms. The molecule has 0 N–H and O–H groups in total. The number of ketones is 2. The van der Waals surface area contributed by atoms with E-state index in [1.54, 1.807) is 0 Å². The van der Waals surface area contributed by atoms with Crippen molar-refractivity contribution in [1.82, 2.24) is 0 Å². The molecular weight excluding hydrogens is 207 g/mol. The molecule has 76 valence electrons. The molecule has 0 saturated heterocycles. The first-order valence-electron chi connectivity index (χ1n) is 4.41. The smallest absolute Gasteiger partial charge is 0.403 e. The van der Waals surface area contributed by atoms with E-state index in [0.717, 1.165) is 18.8 Å². The number of hydrogen-bond acceptors (Lipinski definition) is 4. The molecule has 0 aromatic rings. The van der Waals surface area contributed by atoms with Gasteiger partial charge in [-0.15, -0.1) is 0 Å². The first-order chi connectivity index (χ1) is 6.46. The van der Waals surface area contributed by atoms with E-state index in [2.05, 4.69) is 0 Å². The van der Waals surface area contributed by atoms with Crippen LogP contribution in [0.3, 0.4) is 0 Å². The second kappa shape index (κ2) is 5.08. The molecule has 0 aliphatic heterocycles. The molecular formula is C10H11NaO4. The maximum atomic E-state index is 11.2. The van der Waals surface area contributed by atoms with E-state index in [-0.39, 0.29) is 58.6 Å². The molecule has 5 heteroatoms. The van der Waals surface area contributed by atoms with Gasteiger partial charge in [0.15, 0.2) is 0 Å². The molecule has 0 radical (unpaired) electrons. The van der Waals surface area contributed by atoms with E-state index < -0.39 is 0 Å². The summed E-state index contributed by atoms with van der Waals surface area (Å²) >= 11 is 0. The Hall–Kier alpha value is -0.410. The molecule has 2 rings (SSSR count). The van der Waals surface area contributed by atoms with Crippen LogP contribution in [0.2, 0.25) is 0 Å². The maximum absolute atomic E-state index is 11.2. The Morgan fingerprint density at radius 2 is 1.80 bits per heavy atom. The van der Waals surface area contributed by atoms with Gasteiger partial charge >= 0.3 is 35.7 Å². The summed E-state index contributed by atoms with van der Waals surface area (Å²) in [6.07, 6.45) is 2.00. The summed E-state index contributed by atoms with van der Waals surface area (Å²) in [5.74, 6) is 0.542. The van der Waals surface area contributed by atoms with Gasteiger partial charge in [0.2, 0.25) is 0 Å². The van der Waals surface area contributed by atoms with Crippen LogP contribution in [-0.4, -0.2) is 17.7 Å². The van der Waals surface area contributed by atoms with Gasteiger partial charge in [0, 0.05) is 5.78 Å². The van der Waals surface area contributed by atoms with Crippen LogP contribution in [-0.2, 0) is 19.2 Å². The molecule has 2 saturated carbocycles. The van der Waals surface area contributed by atoms with Crippen molar-refractivity contribution >= 4 is 17.7 Å². The van der Waals surface area contributed by atoms with Gasteiger partial charge < -0.3 is 9.59 Å². The SMILES string of the molecule is CC1(C)[C-]2CCC1C(=O)C2=O.O=C=O.[Na+]. The van der Waals surface area contributed by atoms with Gasteiger partial charge in [0.25, 0.3) is 0 Å². The second-order valence-electron chi connectivity index (χ2n) is 4.07. The predicted octanol–water partition coefficient (Wildman–Crippen LogP) is -2.43. The molecule has 0 amide bonds. The Balaban J connectivity index is 0.000000443. The van der Waals surface area contributed by atoms with Gasteiger partial charge in [0.05, 0.1) is 5.78 Å². The molecule has 2 aliphatic rings. The fraction of sp³-hybridized carbons (Fsp3) is 0.600. The Morgan fingerprint density at radius 3 is 2.00 bits per heavy atom. The number of carbonyl (C=O) groups is 2. The third kappa shape index (κ3) is 2.23. The van der Waals surface area contributed by atoms with E-state index in [9.17, 15) is 9.59 Å². The fourth-order valence-electron chi connectivity index (χ4n) is 2.35. The van der Waals surface area contributed by atoms with E-state index in [1.807, 2.05) is 13.8 Å². The standard InChI is InChI=1S/C9H11O2.CO2.Na/c1-9(2)5-3-4-6(9)8(11)7(5)10;2-1-3;/h5H,3-4H2,1-2H3;;/q-1;;+1. The van der Waals surface area contributed by atoms with Gasteiger partial charge in [-0.25, -0.2) is 0 Å². The summed E-state index contributed by atoms with van der Waals surface area (Å²) in [7, 11) is 0. The van der Waals surface area contributed by atoms with Crippen LogP contribution in [0.1, 0.15) is 26.7 Å². The molecule has 2 fully saturated rings. The minimum absolute atomic E-state index is 0. The van der Waals surface area contributed by atoms with Crippen molar-refractivity contribution < 1.29 is 48.7 Å². The average molecular weight is 218 g/mol. The van der Waals surface area contributed by atoms with Crippen LogP contribution < -0.4 is 29.6 Å². The van der Waals surface area contributed by atoms with Crippen LogP contribution in [0.25, 0.3) is 0 Å². The van der Waals surface area contributed by atoms with Crippen molar-refractivity contribution in [3.63, 3.8) is 0 Å². The Morgan fingerprint density at radius 1 is 1.33 bits per heavy atom. The summed E-state index contributed by atoms with van der Waals surface area (Å²) in [6, 6.07) is 0. The van der Waals surface area contributed by atoms with E-state index in [0.29, 0.717) is 0 Å². The summed E-state index contributed by atoms with van der Waals surface area (Å²) < 4.78 is 0. The van der Waals surface area contributed by atoms with E-state index in [1.165, 1.54) is 0 Å². The minimum atomic E-state index is -0.189. The van der Waals surface area contributed by atoms with Gasteiger partial charge in [0.1, 0.15) is 0 Å². The number of fused-ring (bicyclic) bond motifs is 2. The van der Waals surface area contributed by atoms with Crippen molar-refractivity contribution in [2.75, 3.05) is 0 Å². The molecule has 1 atom stereocenters. The first kappa shape index (κ1) is 14.6. The summed E-state index contributed by atoms with van der Waals surface area (Å²) in [6.45, 7) is 4.01. The molecule has 2 aliphatic carbocycles. The van der Waals surface area contributed by atoms with Crippen molar-refractivity contribution in [3.05, 3.63) is 5.92 Å². The minimum Gasteiger partial charge on any atom is -0.403 e. The van der Waals surface area contributed by atoms with Crippen LogP contribution in [0.5, 0.6) is 0 Å². The maximum Gasteiger partial charge on any atom is 1.00 e. The number of carbonyl (C=O) groups excluding carboxylic acids is 4. The van der Waals surface area contributed by atoms with Crippen molar-refractivity contribution in [2.24, 2.45) is 11.3 Å². The quantitative estimate of drug-likeness (QED) is 0.257. The first-order valence-corrected chi connectivity index (χ1v) is 4.41. The molecule has 15 heavy (non-hydrogen) atoms. The van der Waals surface area contributed by atoms with Crippen LogP contribution >= 0.6 is 0 Å². The zero-order valence-electron chi connectivity index (χ0n) is 9.12. The Bertz CT molecular complexity index is 291. The van der Waals surface area contributed by atoms with E-state index >= 15 is 0 Å². The topological polar surface area (TPSA) is 68.3 Å². The largest absolute Gasteiger partial charge is 1.00 e. The fourth-order valence-corrected chi connectivity index (χ4v) is 2.35. The van der Waals surface area contributed by atoms with Crippen molar-refractivity contribution in [1.29, 1.82) is 0 Å². The zero-order valence-corrected chi connectivity index (χ0v) is 11.1. The van der Waals surface area contributed by atoms with Crippen LogP contribution in [0, 0.1) is 17.3 Å². The monoisotopic (exact) mass is 218 g/mol. The summed E-state index contributed by atoms with van der Waals surface area (Å²) in [4.78, 5) is 38.7. The molecule has 0 aromatic carbocycles. The van der Waals surface area contributed by atoms with Crippen LogP contribution in [0.15, 0.2) is 0 Å². The average Bonchev–Trinajstić information content (AvgIpc) is 2.45. The predicted molar refractivity (Wildman–Crippen MR) is 44.8 cm³/mol. The normalized spacial score (nSPS) is 25.2.